The normalized spacial score (nSPS) is 12.9. The van der Waals surface area contributed by atoms with Crippen LogP contribution in [0.5, 0.6) is 5.75 Å². The minimum absolute atomic E-state index is 0.106. The Hall–Kier alpha value is -1.99. The smallest absolute Gasteiger partial charge is 0.241 e. The predicted molar refractivity (Wildman–Crippen MR) is 87.6 cm³/mol. The van der Waals surface area contributed by atoms with Gasteiger partial charge in [0.15, 0.2) is 11.6 Å². The van der Waals surface area contributed by atoms with Crippen molar-refractivity contribution in [1.29, 1.82) is 0 Å². The Morgan fingerprint density at radius 1 is 1.08 bits per heavy atom. The number of aryl methyl sites for hydroxylation is 2. The molecule has 2 aromatic rings. The van der Waals surface area contributed by atoms with Crippen LogP contribution in [0.25, 0.3) is 0 Å². The fourth-order valence-electron chi connectivity index (χ4n) is 2.25. The van der Waals surface area contributed by atoms with Crippen LogP contribution in [0.3, 0.4) is 0 Å². The minimum atomic E-state index is -3.96. The average Bonchev–Trinajstić information content (AvgIpc) is 2.49. The summed E-state index contributed by atoms with van der Waals surface area (Å²) in [5.41, 5.74) is 1.90. The zero-order chi connectivity index (χ0) is 17.9. The van der Waals surface area contributed by atoms with E-state index in [4.69, 9.17) is 4.74 Å². The highest BCUT2D eigenvalue weighted by Crippen LogP contribution is 2.22. The first-order chi connectivity index (χ1) is 11.2. The van der Waals surface area contributed by atoms with Crippen molar-refractivity contribution in [3.8, 4) is 5.75 Å². The highest BCUT2D eigenvalue weighted by Gasteiger charge is 2.19. The van der Waals surface area contributed by atoms with Gasteiger partial charge in [0, 0.05) is 0 Å². The van der Waals surface area contributed by atoms with Crippen molar-refractivity contribution in [2.24, 2.45) is 0 Å². The third-order valence-electron chi connectivity index (χ3n) is 3.44. The van der Waals surface area contributed by atoms with E-state index < -0.39 is 27.7 Å². The molecule has 0 saturated heterocycles. The van der Waals surface area contributed by atoms with Crippen LogP contribution >= 0.6 is 0 Å². The Morgan fingerprint density at radius 2 is 1.71 bits per heavy atom. The van der Waals surface area contributed by atoms with Gasteiger partial charge in [-0.15, -0.1) is 0 Å². The number of benzene rings is 2. The molecule has 0 radical (unpaired) electrons. The Morgan fingerprint density at radius 3 is 2.29 bits per heavy atom. The van der Waals surface area contributed by atoms with Gasteiger partial charge in [0.2, 0.25) is 10.0 Å². The molecule has 1 atom stereocenters. The molecule has 2 rings (SSSR count). The standard InChI is InChI=1S/C17H19F2NO3S/c1-11-5-4-6-12(2)17(11)23-10-13(3)20-24(21,22)14-7-8-15(18)16(19)9-14/h4-9,13,20H,10H2,1-3H3. The molecular formula is C17H19F2NO3S. The maximum absolute atomic E-state index is 13.2. The Bertz CT molecular complexity index is 817. The lowest BCUT2D eigenvalue weighted by Crippen LogP contribution is -2.37. The molecule has 0 amide bonds. The number of hydrogen-bond donors (Lipinski definition) is 1. The zero-order valence-corrected chi connectivity index (χ0v) is 14.5. The predicted octanol–water partition coefficient (Wildman–Crippen LogP) is 3.33. The summed E-state index contributed by atoms with van der Waals surface area (Å²) in [7, 11) is -3.96. The third kappa shape index (κ3) is 4.30. The molecular weight excluding hydrogens is 336 g/mol. The van der Waals surface area contributed by atoms with E-state index in [1.54, 1.807) is 6.92 Å². The summed E-state index contributed by atoms with van der Waals surface area (Å²) in [6.07, 6.45) is 0. The first kappa shape index (κ1) is 18.4. The Kier molecular flexibility index (Phi) is 5.56. The van der Waals surface area contributed by atoms with Crippen LogP contribution in [0.4, 0.5) is 8.78 Å². The van der Waals surface area contributed by atoms with Crippen LogP contribution in [0.1, 0.15) is 18.1 Å². The van der Waals surface area contributed by atoms with Crippen molar-refractivity contribution in [1.82, 2.24) is 4.72 Å². The Labute approximate surface area is 140 Å². The first-order valence-electron chi connectivity index (χ1n) is 7.37. The molecule has 1 unspecified atom stereocenters. The molecule has 7 heteroatoms. The fourth-order valence-corrected chi connectivity index (χ4v) is 3.49. The third-order valence-corrected chi connectivity index (χ3v) is 5.03. The van der Waals surface area contributed by atoms with Gasteiger partial charge in [0.05, 0.1) is 10.9 Å². The lowest BCUT2D eigenvalue weighted by atomic mass is 10.1. The number of sulfonamides is 1. The first-order valence-corrected chi connectivity index (χ1v) is 8.85. The maximum atomic E-state index is 13.2. The molecule has 0 aliphatic rings. The van der Waals surface area contributed by atoms with Gasteiger partial charge in [-0.25, -0.2) is 21.9 Å². The molecule has 0 fully saturated rings. The van der Waals surface area contributed by atoms with E-state index in [9.17, 15) is 17.2 Å². The van der Waals surface area contributed by atoms with E-state index in [0.29, 0.717) is 11.8 Å². The topological polar surface area (TPSA) is 55.4 Å². The molecule has 2 aromatic carbocycles. The summed E-state index contributed by atoms with van der Waals surface area (Å²) in [5.74, 6) is -1.60. The number of rotatable bonds is 6. The summed E-state index contributed by atoms with van der Waals surface area (Å²) in [5, 5.41) is 0. The lowest BCUT2D eigenvalue weighted by Gasteiger charge is -2.17. The summed E-state index contributed by atoms with van der Waals surface area (Å²) in [6, 6.07) is 7.60. The van der Waals surface area contributed by atoms with Crippen LogP contribution in [-0.2, 0) is 10.0 Å². The maximum Gasteiger partial charge on any atom is 0.241 e. The molecule has 1 N–H and O–H groups in total. The number of nitrogens with one attached hydrogen (secondary N) is 1. The highest BCUT2D eigenvalue weighted by molar-refractivity contribution is 7.89. The van der Waals surface area contributed by atoms with E-state index in [1.165, 1.54) is 0 Å². The fraction of sp³-hybridized carbons (Fsp3) is 0.294. The molecule has 24 heavy (non-hydrogen) atoms. The van der Waals surface area contributed by atoms with Gasteiger partial charge in [-0.05, 0) is 50.1 Å². The minimum Gasteiger partial charge on any atom is -0.491 e. The van der Waals surface area contributed by atoms with E-state index in [-0.39, 0.29) is 11.5 Å². The van der Waals surface area contributed by atoms with Crippen molar-refractivity contribution in [2.45, 2.75) is 31.7 Å². The molecule has 0 spiro atoms. The second-order valence-electron chi connectivity index (χ2n) is 5.63. The average molecular weight is 355 g/mol. The van der Waals surface area contributed by atoms with Crippen molar-refractivity contribution >= 4 is 10.0 Å². The van der Waals surface area contributed by atoms with E-state index in [1.807, 2.05) is 32.0 Å². The Balaban J connectivity index is 2.05. The van der Waals surface area contributed by atoms with E-state index >= 15 is 0 Å². The zero-order valence-electron chi connectivity index (χ0n) is 13.6. The number of halogens is 2. The molecule has 0 aromatic heterocycles. The summed E-state index contributed by atoms with van der Waals surface area (Å²) >= 11 is 0. The number of para-hydroxylation sites is 1. The molecule has 0 aliphatic heterocycles. The summed E-state index contributed by atoms with van der Waals surface area (Å²) in [4.78, 5) is -0.333. The highest BCUT2D eigenvalue weighted by atomic mass is 32.2. The van der Waals surface area contributed by atoms with Gasteiger partial charge in [0.25, 0.3) is 0 Å². The second-order valence-corrected chi connectivity index (χ2v) is 7.34. The molecule has 0 bridgehead atoms. The lowest BCUT2D eigenvalue weighted by molar-refractivity contribution is 0.284. The molecule has 4 nitrogen and oxygen atoms in total. The number of hydrogen-bond acceptors (Lipinski definition) is 3. The number of ether oxygens (including phenoxy) is 1. The van der Waals surface area contributed by atoms with Crippen LogP contribution in [0.2, 0.25) is 0 Å². The largest absolute Gasteiger partial charge is 0.491 e. The van der Waals surface area contributed by atoms with Crippen LogP contribution in [-0.4, -0.2) is 21.1 Å². The molecule has 130 valence electrons. The molecule has 0 heterocycles. The summed E-state index contributed by atoms with van der Waals surface area (Å²) in [6.45, 7) is 5.54. The van der Waals surface area contributed by atoms with Gasteiger partial charge in [-0.2, -0.15) is 0 Å². The van der Waals surface area contributed by atoms with Crippen LogP contribution in [0.15, 0.2) is 41.3 Å². The second kappa shape index (κ2) is 7.27. The molecule has 0 aliphatic carbocycles. The van der Waals surface area contributed by atoms with Gasteiger partial charge < -0.3 is 4.74 Å². The summed E-state index contributed by atoms with van der Waals surface area (Å²) < 4.78 is 58.6. The quantitative estimate of drug-likeness (QED) is 0.865. The van der Waals surface area contributed by atoms with Gasteiger partial charge in [-0.1, -0.05) is 18.2 Å². The van der Waals surface area contributed by atoms with Gasteiger partial charge in [0.1, 0.15) is 12.4 Å². The van der Waals surface area contributed by atoms with Crippen LogP contribution in [0, 0.1) is 25.5 Å². The van der Waals surface area contributed by atoms with Gasteiger partial charge in [-0.3, -0.25) is 0 Å². The van der Waals surface area contributed by atoms with Gasteiger partial charge >= 0.3 is 0 Å². The van der Waals surface area contributed by atoms with Crippen LogP contribution < -0.4 is 9.46 Å². The van der Waals surface area contributed by atoms with E-state index in [2.05, 4.69) is 4.72 Å². The van der Waals surface area contributed by atoms with Crippen molar-refractivity contribution in [3.63, 3.8) is 0 Å². The van der Waals surface area contributed by atoms with Crippen molar-refractivity contribution in [2.75, 3.05) is 6.61 Å². The monoisotopic (exact) mass is 355 g/mol. The van der Waals surface area contributed by atoms with Crippen molar-refractivity contribution in [3.05, 3.63) is 59.2 Å². The molecule has 0 saturated carbocycles. The van der Waals surface area contributed by atoms with E-state index in [0.717, 1.165) is 23.3 Å². The van der Waals surface area contributed by atoms with Crippen molar-refractivity contribution < 1.29 is 21.9 Å². The SMILES string of the molecule is Cc1cccc(C)c1OCC(C)NS(=O)(=O)c1ccc(F)c(F)c1.